The third-order valence-electron chi connectivity index (χ3n) is 6.03. The minimum atomic E-state index is -0.842. The minimum Gasteiger partial charge on any atom is -0.387 e. The summed E-state index contributed by atoms with van der Waals surface area (Å²) in [6.07, 6.45) is 5.17. The molecule has 0 radical (unpaired) electrons. The second kappa shape index (κ2) is 9.94. The average Bonchev–Trinajstić information content (AvgIpc) is 3.40. The number of imidazole rings is 1. The largest absolute Gasteiger partial charge is 0.387 e. The molecular weight excluding hydrogens is 427 g/mol. The molecule has 1 aliphatic heterocycles. The lowest BCUT2D eigenvalue weighted by Gasteiger charge is -2.30. The third-order valence-corrected chi connectivity index (χ3v) is 6.03. The molecule has 1 N–H and O–H groups in total. The number of hydrogen-bond donors (Lipinski definition) is 1. The highest BCUT2D eigenvalue weighted by atomic mass is 19.1. The monoisotopic (exact) mass is 458 g/mol. The van der Waals surface area contributed by atoms with Gasteiger partial charge >= 0.3 is 0 Å². The van der Waals surface area contributed by atoms with Gasteiger partial charge in [0.15, 0.2) is 17.0 Å². The molecule has 0 amide bonds. The fourth-order valence-electron chi connectivity index (χ4n) is 4.25. The molecule has 3 aromatic heterocycles. The van der Waals surface area contributed by atoms with E-state index in [1.54, 1.807) is 25.8 Å². The number of halogens is 1. The second-order valence-electron chi connectivity index (χ2n) is 8.69. The van der Waals surface area contributed by atoms with Crippen molar-refractivity contribution in [2.45, 2.75) is 18.6 Å². The lowest BCUT2D eigenvalue weighted by molar-refractivity contribution is 0.0307. The first kappa shape index (κ1) is 23.3. The number of likely N-dealkylation sites (N-methyl/N-ethyl adjacent to an activating group) is 2. The van der Waals surface area contributed by atoms with E-state index in [1.807, 2.05) is 23.6 Å². The maximum absolute atomic E-state index is 13.1. The molecule has 4 heterocycles. The van der Waals surface area contributed by atoms with Crippen LogP contribution in [0.25, 0.3) is 11.2 Å². The Hall–Kier alpha value is -2.89. The quantitative estimate of drug-likeness (QED) is 0.478. The van der Waals surface area contributed by atoms with Crippen LogP contribution in [0.2, 0.25) is 0 Å². The number of anilines is 2. The number of ether oxygens (including phenoxy) is 1. The molecule has 1 fully saturated rings. The van der Waals surface area contributed by atoms with Gasteiger partial charge in [-0.2, -0.15) is 0 Å². The SMILES string of the molecule is COCCn1cnc2c(N(C)CCN(C)CC3(O)CCN(c4ccc(F)cn4)C3)ncnc21. The summed E-state index contributed by atoms with van der Waals surface area (Å²) in [5.74, 6) is 1.10. The molecule has 3 aromatic rings. The van der Waals surface area contributed by atoms with E-state index in [0.29, 0.717) is 51.6 Å². The first-order valence-corrected chi connectivity index (χ1v) is 11.0. The number of nitrogens with zero attached hydrogens (tertiary/aromatic N) is 8. The first-order chi connectivity index (χ1) is 15.9. The van der Waals surface area contributed by atoms with Crippen molar-refractivity contribution in [3.05, 3.63) is 36.8 Å². The van der Waals surface area contributed by atoms with Gasteiger partial charge in [-0.1, -0.05) is 0 Å². The van der Waals surface area contributed by atoms with E-state index in [4.69, 9.17) is 4.74 Å². The lowest BCUT2D eigenvalue weighted by Crippen LogP contribution is -2.45. The minimum absolute atomic E-state index is 0.361. The van der Waals surface area contributed by atoms with Crippen molar-refractivity contribution < 1.29 is 14.2 Å². The molecule has 0 saturated carbocycles. The number of aromatic nitrogens is 5. The van der Waals surface area contributed by atoms with E-state index in [0.717, 1.165) is 23.5 Å². The predicted octanol–water partition coefficient (Wildman–Crippen LogP) is 1.02. The topological polar surface area (TPSA) is 95.7 Å². The second-order valence-corrected chi connectivity index (χ2v) is 8.69. The van der Waals surface area contributed by atoms with Gasteiger partial charge in [0, 0.05) is 53.4 Å². The lowest BCUT2D eigenvalue weighted by atomic mass is 10.0. The molecule has 178 valence electrons. The van der Waals surface area contributed by atoms with Crippen LogP contribution in [-0.2, 0) is 11.3 Å². The Bertz CT molecular complexity index is 1060. The van der Waals surface area contributed by atoms with Crippen LogP contribution in [0.4, 0.5) is 16.0 Å². The Morgan fingerprint density at radius 1 is 1.18 bits per heavy atom. The van der Waals surface area contributed by atoms with Crippen LogP contribution >= 0.6 is 0 Å². The molecule has 0 bridgehead atoms. The van der Waals surface area contributed by atoms with Crippen LogP contribution in [0, 0.1) is 5.82 Å². The van der Waals surface area contributed by atoms with Crippen molar-refractivity contribution in [1.29, 1.82) is 0 Å². The number of aliphatic hydroxyl groups is 1. The molecule has 1 atom stereocenters. The van der Waals surface area contributed by atoms with E-state index in [2.05, 4.69) is 29.7 Å². The molecule has 33 heavy (non-hydrogen) atoms. The molecule has 1 unspecified atom stereocenters. The number of rotatable bonds is 10. The zero-order chi connectivity index (χ0) is 23.4. The summed E-state index contributed by atoms with van der Waals surface area (Å²) in [6, 6.07) is 3.05. The number of methoxy groups -OCH3 is 1. The molecular formula is C22H31FN8O2. The van der Waals surface area contributed by atoms with Gasteiger partial charge in [0.05, 0.1) is 24.7 Å². The summed E-state index contributed by atoms with van der Waals surface area (Å²) >= 11 is 0. The van der Waals surface area contributed by atoms with Crippen molar-refractivity contribution in [1.82, 2.24) is 29.4 Å². The molecule has 11 heteroatoms. The van der Waals surface area contributed by atoms with Crippen LogP contribution in [0.1, 0.15) is 6.42 Å². The molecule has 0 aliphatic carbocycles. The summed E-state index contributed by atoms with van der Waals surface area (Å²) in [5, 5.41) is 11.1. The van der Waals surface area contributed by atoms with E-state index >= 15 is 0 Å². The van der Waals surface area contributed by atoms with E-state index in [-0.39, 0.29) is 5.82 Å². The van der Waals surface area contributed by atoms with E-state index in [1.165, 1.54) is 12.3 Å². The molecule has 0 spiro atoms. The Morgan fingerprint density at radius 2 is 2.03 bits per heavy atom. The van der Waals surface area contributed by atoms with Crippen molar-refractivity contribution in [3.8, 4) is 0 Å². The summed E-state index contributed by atoms with van der Waals surface area (Å²) < 4.78 is 20.3. The Balaban J connectivity index is 1.33. The van der Waals surface area contributed by atoms with Crippen LogP contribution in [0.3, 0.4) is 0 Å². The van der Waals surface area contributed by atoms with Crippen molar-refractivity contribution in [3.63, 3.8) is 0 Å². The van der Waals surface area contributed by atoms with E-state index in [9.17, 15) is 9.50 Å². The van der Waals surface area contributed by atoms with Gasteiger partial charge in [-0.15, -0.1) is 0 Å². The maximum atomic E-state index is 13.1. The predicted molar refractivity (Wildman–Crippen MR) is 124 cm³/mol. The van der Waals surface area contributed by atoms with Gasteiger partial charge in [-0.3, -0.25) is 0 Å². The number of hydrogen-bond acceptors (Lipinski definition) is 9. The van der Waals surface area contributed by atoms with Crippen molar-refractivity contribution in [2.75, 3.05) is 70.3 Å². The Morgan fingerprint density at radius 3 is 2.79 bits per heavy atom. The Kier molecular flexibility index (Phi) is 7.01. The maximum Gasteiger partial charge on any atom is 0.165 e. The van der Waals surface area contributed by atoms with Gasteiger partial charge in [0.25, 0.3) is 0 Å². The average molecular weight is 459 g/mol. The summed E-state index contributed by atoms with van der Waals surface area (Å²) in [7, 11) is 5.65. The molecule has 0 aromatic carbocycles. The number of fused-ring (bicyclic) bond motifs is 1. The number of pyridine rings is 1. The number of β-amino-alcohol motifs (C(OH)–C–C–N with tert-alkyl or cyclic N) is 1. The summed E-state index contributed by atoms with van der Waals surface area (Å²) in [4.78, 5) is 23.6. The summed E-state index contributed by atoms with van der Waals surface area (Å²) in [5.41, 5.74) is 0.703. The van der Waals surface area contributed by atoms with Gasteiger partial charge in [0.2, 0.25) is 0 Å². The van der Waals surface area contributed by atoms with Gasteiger partial charge in [-0.05, 0) is 25.6 Å². The Labute approximate surface area is 192 Å². The van der Waals surface area contributed by atoms with Crippen molar-refractivity contribution >= 4 is 22.8 Å². The normalized spacial score (nSPS) is 18.5. The smallest absolute Gasteiger partial charge is 0.165 e. The molecule has 1 saturated heterocycles. The molecule has 1 aliphatic rings. The zero-order valence-corrected chi connectivity index (χ0v) is 19.4. The molecule has 10 nitrogen and oxygen atoms in total. The zero-order valence-electron chi connectivity index (χ0n) is 19.4. The van der Waals surface area contributed by atoms with Crippen LogP contribution in [0.15, 0.2) is 31.0 Å². The molecule has 4 rings (SSSR count). The van der Waals surface area contributed by atoms with Crippen LogP contribution < -0.4 is 9.80 Å². The highest BCUT2D eigenvalue weighted by Crippen LogP contribution is 2.26. The fourth-order valence-corrected chi connectivity index (χ4v) is 4.25. The van der Waals surface area contributed by atoms with Crippen LogP contribution in [0.5, 0.6) is 0 Å². The van der Waals surface area contributed by atoms with Crippen LogP contribution in [-0.4, -0.2) is 101 Å². The van der Waals surface area contributed by atoms with E-state index < -0.39 is 5.60 Å². The van der Waals surface area contributed by atoms with Crippen molar-refractivity contribution in [2.24, 2.45) is 0 Å². The van der Waals surface area contributed by atoms with Gasteiger partial charge in [0.1, 0.15) is 18.0 Å². The van der Waals surface area contributed by atoms with Gasteiger partial charge in [-0.25, -0.2) is 24.3 Å². The summed E-state index contributed by atoms with van der Waals surface area (Å²) in [6.45, 7) is 4.41. The first-order valence-electron chi connectivity index (χ1n) is 11.0. The highest BCUT2D eigenvalue weighted by Gasteiger charge is 2.37. The highest BCUT2D eigenvalue weighted by molar-refractivity contribution is 5.83. The third kappa shape index (κ3) is 5.37. The van der Waals surface area contributed by atoms with Gasteiger partial charge < -0.3 is 29.1 Å². The fraction of sp³-hybridized carbons (Fsp3) is 0.545. The standard InChI is InChI=1S/C22H31FN8O2/c1-28(13-22(32)6-7-30(14-22)18-5-4-17(23)12-24-18)8-9-29(2)20-19-21(26-15-25-20)31(16-27-19)10-11-33-3/h4-5,12,15-16,32H,6-11,13-14H2,1-3H3.